The molecule has 3 rings (SSSR count). The molecule has 0 N–H and O–H groups in total. The van der Waals surface area contributed by atoms with Crippen molar-refractivity contribution in [1.29, 1.82) is 0 Å². The monoisotopic (exact) mass is 338 g/mol. The number of furan rings is 1. The zero-order valence-electron chi connectivity index (χ0n) is 13.0. The van der Waals surface area contributed by atoms with Gasteiger partial charge in [-0.3, -0.25) is 4.79 Å². The van der Waals surface area contributed by atoms with Gasteiger partial charge in [0.2, 0.25) is 14.9 Å². The van der Waals surface area contributed by atoms with Crippen molar-refractivity contribution >= 4 is 15.7 Å². The molecule has 1 fully saturated rings. The number of hydrogen-bond donors (Lipinski definition) is 0. The number of carbonyl (C=O) groups is 1. The Morgan fingerprint density at radius 1 is 1.30 bits per heavy atom. The molecule has 1 amide bonds. The van der Waals surface area contributed by atoms with Crippen LogP contribution in [0.15, 0.2) is 28.0 Å². The zero-order chi connectivity index (χ0) is 16.6. The number of amides is 1. The van der Waals surface area contributed by atoms with E-state index in [2.05, 4.69) is 10.2 Å². The molecule has 0 bridgehead atoms. The summed E-state index contributed by atoms with van der Waals surface area (Å²) < 4.78 is 29.9. The van der Waals surface area contributed by atoms with Gasteiger partial charge in [-0.1, -0.05) is 0 Å². The molecule has 2 aromatic heterocycles. The standard InChI is InChI=1S/C14H18N4O4S/c1-17-9-15-16-13(17)10-5-7-18(8-6-10)14(19)11-3-4-12(22-11)23(2,20)21/h3-4,9-10H,5-8H2,1-2H3. The molecule has 0 aliphatic carbocycles. The summed E-state index contributed by atoms with van der Waals surface area (Å²) in [5.74, 6) is 0.975. The molecule has 1 saturated heterocycles. The van der Waals surface area contributed by atoms with E-state index in [1.54, 1.807) is 11.2 Å². The molecule has 2 aromatic rings. The van der Waals surface area contributed by atoms with Crippen LogP contribution < -0.4 is 0 Å². The van der Waals surface area contributed by atoms with Crippen LogP contribution in [0.3, 0.4) is 0 Å². The second-order valence-corrected chi connectivity index (χ2v) is 7.70. The van der Waals surface area contributed by atoms with Gasteiger partial charge in [-0.15, -0.1) is 10.2 Å². The van der Waals surface area contributed by atoms with Crippen LogP contribution in [0.25, 0.3) is 0 Å². The van der Waals surface area contributed by atoms with Gasteiger partial charge in [0.15, 0.2) is 5.76 Å². The van der Waals surface area contributed by atoms with Gasteiger partial charge in [0.05, 0.1) is 0 Å². The Labute approximate surface area is 134 Å². The van der Waals surface area contributed by atoms with Gasteiger partial charge < -0.3 is 13.9 Å². The zero-order valence-corrected chi connectivity index (χ0v) is 13.8. The Hall–Kier alpha value is -2.16. The summed E-state index contributed by atoms with van der Waals surface area (Å²) in [6.07, 6.45) is 4.30. The number of sulfone groups is 1. The number of aryl methyl sites for hydroxylation is 1. The Bertz CT molecular complexity index is 815. The van der Waals surface area contributed by atoms with Crippen molar-refractivity contribution in [3.8, 4) is 0 Å². The van der Waals surface area contributed by atoms with Crippen LogP contribution in [0, 0.1) is 0 Å². The predicted molar refractivity (Wildman–Crippen MR) is 80.7 cm³/mol. The lowest BCUT2D eigenvalue weighted by molar-refractivity contribution is 0.0672. The Morgan fingerprint density at radius 2 is 2.00 bits per heavy atom. The maximum Gasteiger partial charge on any atom is 0.289 e. The maximum atomic E-state index is 12.4. The average molecular weight is 338 g/mol. The third-order valence-electron chi connectivity index (χ3n) is 4.05. The highest BCUT2D eigenvalue weighted by atomic mass is 32.2. The molecule has 9 heteroatoms. The third-order valence-corrected chi connectivity index (χ3v) is 5.00. The summed E-state index contributed by atoms with van der Waals surface area (Å²) in [6.45, 7) is 1.15. The molecule has 1 aliphatic heterocycles. The molecule has 0 spiro atoms. The molecule has 124 valence electrons. The molecule has 8 nitrogen and oxygen atoms in total. The van der Waals surface area contributed by atoms with Gasteiger partial charge in [0.1, 0.15) is 12.2 Å². The Balaban J connectivity index is 1.67. The van der Waals surface area contributed by atoms with Gasteiger partial charge in [0, 0.05) is 32.3 Å². The fourth-order valence-electron chi connectivity index (χ4n) is 2.79. The molecule has 1 aliphatic rings. The van der Waals surface area contributed by atoms with Crippen LogP contribution in [-0.4, -0.2) is 53.3 Å². The molecular formula is C14H18N4O4S. The Morgan fingerprint density at radius 3 is 2.52 bits per heavy atom. The van der Waals surface area contributed by atoms with Crippen LogP contribution in [0.2, 0.25) is 0 Å². The minimum atomic E-state index is -3.44. The van der Waals surface area contributed by atoms with E-state index >= 15 is 0 Å². The van der Waals surface area contributed by atoms with Crippen molar-refractivity contribution < 1.29 is 17.6 Å². The smallest absolute Gasteiger partial charge is 0.289 e. The molecule has 0 saturated carbocycles. The van der Waals surface area contributed by atoms with Gasteiger partial charge in [-0.05, 0) is 25.0 Å². The van der Waals surface area contributed by atoms with E-state index in [1.807, 2.05) is 11.6 Å². The maximum absolute atomic E-state index is 12.4. The van der Waals surface area contributed by atoms with Crippen molar-refractivity contribution in [2.24, 2.45) is 7.05 Å². The summed E-state index contributed by atoms with van der Waals surface area (Å²) in [4.78, 5) is 14.1. The summed E-state index contributed by atoms with van der Waals surface area (Å²) in [7, 11) is -1.54. The number of piperidine rings is 1. The number of hydrogen-bond acceptors (Lipinski definition) is 6. The first-order valence-corrected chi connectivity index (χ1v) is 9.18. The van der Waals surface area contributed by atoms with Crippen LogP contribution in [0.4, 0.5) is 0 Å². The molecule has 23 heavy (non-hydrogen) atoms. The summed E-state index contributed by atoms with van der Waals surface area (Å²) >= 11 is 0. The summed E-state index contributed by atoms with van der Waals surface area (Å²) in [5.41, 5.74) is 0. The van der Waals surface area contributed by atoms with Crippen LogP contribution in [0.5, 0.6) is 0 Å². The van der Waals surface area contributed by atoms with Crippen molar-refractivity contribution in [1.82, 2.24) is 19.7 Å². The SMILES string of the molecule is Cn1cnnc1C1CCN(C(=O)c2ccc(S(C)(=O)=O)o2)CC1. The normalized spacial score (nSPS) is 16.7. The first-order valence-electron chi connectivity index (χ1n) is 7.29. The molecule has 0 unspecified atom stereocenters. The van der Waals surface area contributed by atoms with Crippen LogP contribution in [0.1, 0.15) is 35.1 Å². The molecule has 0 radical (unpaired) electrons. The highest BCUT2D eigenvalue weighted by Crippen LogP contribution is 2.27. The van der Waals surface area contributed by atoms with E-state index in [1.165, 1.54) is 12.1 Å². The lowest BCUT2D eigenvalue weighted by Crippen LogP contribution is -2.38. The number of carbonyl (C=O) groups excluding carboxylic acids is 1. The van der Waals surface area contributed by atoms with Crippen LogP contribution >= 0.6 is 0 Å². The second kappa shape index (κ2) is 5.80. The lowest BCUT2D eigenvalue weighted by Gasteiger charge is -2.30. The van der Waals surface area contributed by atoms with E-state index in [4.69, 9.17) is 4.42 Å². The van der Waals surface area contributed by atoms with Crippen LogP contribution in [-0.2, 0) is 16.9 Å². The first-order chi connectivity index (χ1) is 10.9. The van der Waals surface area contributed by atoms with E-state index in [0.29, 0.717) is 13.1 Å². The molecule has 3 heterocycles. The number of nitrogens with zero attached hydrogens (tertiary/aromatic N) is 4. The topological polar surface area (TPSA) is 98.3 Å². The largest absolute Gasteiger partial charge is 0.440 e. The van der Waals surface area contributed by atoms with Crippen molar-refractivity contribution in [2.75, 3.05) is 19.3 Å². The van der Waals surface area contributed by atoms with E-state index in [0.717, 1.165) is 24.9 Å². The minimum Gasteiger partial charge on any atom is -0.440 e. The summed E-state index contributed by atoms with van der Waals surface area (Å²) in [5, 5.41) is 7.82. The van der Waals surface area contributed by atoms with Gasteiger partial charge in [-0.25, -0.2) is 8.42 Å². The van der Waals surface area contributed by atoms with Gasteiger partial charge in [-0.2, -0.15) is 0 Å². The molecule has 0 aromatic carbocycles. The quantitative estimate of drug-likeness (QED) is 0.822. The molecule has 0 atom stereocenters. The van der Waals surface area contributed by atoms with Gasteiger partial charge >= 0.3 is 0 Å². The van der Waals surface area contributed by atoms with Crippen molar-refractivity contribution in [2.45, 2.75) is 23.9 Å². The minimum absolute atomic E-state index is 0.0579. The third kappa shape index (κ3) is 3.14. The number of aromatic nitrogens is 3. The van der Waals surface area contributed by atoms with E-state index in [9.17, 15) is 13.2 Å². The highest BCUT2D eigenvalue weighted by Gasteiger charge is 2.28. The van der Waals surface area contributed by atoms with E-state index in [-0.39, 0.29) is 22.7 Å². The Kier molecular flexibility index (Phi) is 3.97. The fraction of sp³-hybridized carbons (Fsp3) is 0.500. The second-order valence-electron chi connectivity index (χ2n) is 5.76. The summed E-state index contributed by atoms with van der Waals surface area (Å²) in [6, 6.07) is 2.72. The average Bonchev–Trinajstić information content (AvgIpc) is 3.15. The van der Waals surface area contributed by atoms with E-state index < -0.39 is 9.84 Å². The van der Waals surface area contributed by atoms with Gasteiger partial charge in [0.25, 0.3) is 5.91 Å². The highest BCUT2D eigenvalue weighted by molar-refractivity contribution is 7.90. The lowest BCUT2D eigenvalue weighted by atomic mass is 9.96. The molecular weight excluding hydrogens is 320 g/mol. The first kappa shape index (κ1) is 15.7. The fourth-order valence-corrected chi connectivity index (χ4v) is 3.35. The van der Waals surface area contributed by atoms with Crippen molar-refractivity contribution in [3.63, 3.8) is 0 Å². The number of likely N-dealkylation sites (tertiary alicyclic amines) is 1. The number of rotatable bonds is 3. The predicted octanol–water partition coefficient (Wildman–Crippen LogP) is 0.831. The van der Waals surface area contributed by atoms with Crippen molar-refractivity contribution in [3.05, 3.63) is 30.0 Å².